The van der Waals surface area contributed by atoms with Gasteiger partial charge in [-0.1, -0.05) is 0 Å². The van der Waals surface area contributed by atoms with E-state index in [4.69, 9.17) is 9.84 Å². The molecule has 0 atom stereocenters. The molecule has 0 aromatic carbocycles. The van der Waals surface area contributed by atoms with Gasteiger partial charge in [0.25, 0.3) is 11.5 Å². The molecule has 27 heavy (non-hydrogen) atoms. The molecule has 2 saturated heterocycles. The fourth-order valence-corrected chi connectivity index (χ4v) is 3.76. The smallest absolute Gasteiger partial charge is 0.407 e. The Morgan fingerprint density at radius 1 is 1.15 bits per heavy atom. The van der Waals surface area contributed by atoms with Gasteiger partial charge in [0.05, 0.1) is 25.1 Å². The van der Waals surface area contributed by atoms with Crippen molar-refractivity contribution >= 4 is 17.6 Å². The molecule has 2 aromatic heterocycles. The zero-order valence-electron chi connectivity index (χ0n) is 14.8. The number of aromatic amines is 1. The fraction of sp³-hybridized carbons (Fsp3) is 0.529. The van der Waals surface area contributed by atoms with Gasteiger partial charge in [0, 0.05) is 38.2 Å². The first-order valence-corrected chi connectivity index (χ1v) is 9.00. The molecule has 0 radical (unpaired) electrons. The number of nitrogens with one attached hydrogen (secondary N) is 1. The van der Waals surface area contributed by atoms with Crippen LogP contribution >= 0.6 is 0 Å². The summed E-state index contributed by atoms with van der Waals surface area (Å²) in [5, 5.41) is 13.4. The zero-order chi connectivity index (χ0) is 19.0. The van der Waals surface area contributed by atoms with Gasteiger partial charge in [-0.15, -0.1) is 0 Å². The lowest BCUT2D eigenvalue weighted by Crippen LogP contribution is -2.40. The first kappa shape index (κ1) is 17.5. The Kier molecular flexibility index (Phi) is 4.56. The highest BCUT2D eigenvalue weighted by Gasteiger charge is 2.28. The van der Waals surface area contributed by atoms with Crippen LogP contribution in [0, 0.1) is 0 Å². The van der Waals surface area contributed by atoms with E-state index in [0.29, 0.717) is 69.1 Å². The second-order valence-corrected chi connectivity index (χ2v) is 6.83. The standard InChI is InChI=1S/C17H21N5O5/c23-14-9-13(11-1-3-21(4-2-11)17(25)26)22-15(19-14)12(10-18-22)16(24)20-5-7-27-8-6-20/h9-11H,1-8H2,(H,19,23)(H,25,26). The summed E-state index contributed by atoms with van der Waals surface area (Å²) in [5.74, 6) is -0.168. The highest BCUT2D eigenvalue weighted by Crippen LogP contribution is 2.28. The molecule has 4 heterocycles. The molecular weight excluding hydrogens is 354 g/mol. The zero-order valence-corrected chi connectivity index (χ0v) is 14.8. The fourth-order valence-electron chi connectivity index (χ4n) is 3.76. The van der Waals surface area contributed by atoms with Crippen LogP contribution in [0.25, 0.3) is 5.65 Å². The summed E-state index contributed by atoms with van der Waals surface area (Å²) in [6.07, 6.45) is 1.77. The van der Waals surface area contributed by atoms with Crippen LogP contribution in [-0.2, 0) is 4.74 Å². The Balaban J connectivity index is 1.65. The second-order valence-electron chi connectivity index (χ2n) is 6.83. The van der Waals surface area contributed by atoms with E-state index in [9.17, 15) is 14.4 Å². The molecule has 144 valence electrons. The van der Waals surface area contributed by atoms with Crippen LogP contribution in [0.1, 0.15) is 34.8 Å². The molecule has 2 fully saturated rings. The third-order valence-electron chi connectivity index (χ3n) is 5.25. The van der Waals surface area contributed by atoms with E-state index in [2.05, 4.69) is 10.1 Å². The number of H-pyrrole nitrogens is 1. The quantitative estimate of drug-likeness (QED) is 0.782. The largest absolute Gasteiger partial charge is 0.465 e. The maximum absolute atomic E-state index is 12.8. The van der Waals surface area contributed by atoms with Crippen molar-refractivity contribution in [3.8, 4) is 0 Å². The molecule has 2 amide bonds. The Morgan fingerprint density at radius 2 is 1.85 bits per heavy atom. The maximum Gasteiger partial charge on any atom is 0.407 e. The van der Waals surface area contributed by atoms with Gasteiger partial charge in [-0.3, -0.25) is 9.59 Å². The topological polar surface area (TPSA) is 120 Å². The first-order chi connectivity index (χ1) is 13.0. The third kappa shape index (κ3) is 3.27. The van der Waals surface area contributed by atoms with Gasteiger partial charge >= 0.3 is 6.09 Å². The van der Waals surface area contributed by atoms with Crippen LogP contribution in [0.5, 0.6) is 0 Å². The monoisotopic (exact) mass is 375 g/mol. The van der Waals surface area contributed by atoms with Crippen LogP contribution in [0.3, 0.4) is 0 Å². The Labute approximate surface area is 154 Å². The van der Waals surface area contributed by atoms with Gasteiger partial charge in [-0.2, -0.15) is 5.10 Å². The minimum Gasteiger partial charge on any atom is -0.465 e. The van der Waals surface area contributed by atoms with E-state index in [0.717, 1.165) is 0 Å². The van der Waals surface area contributed by atoms with E-state index in [1.807, 2.05) is 0 Å². The molecular formula is C17H21N5O5. The lowest BCUT2D eigenvalue weighted by atomic mass is 9.93. The number of likely N-dealkylation sites (tertiary alicyclic amines) is 1. The van der Waals surface area contributed by atoms with E-state index in [1.54, 1.807) is 9.42 Å². The highest BCUT2D eigenvalue weighted by molar-refractivity contribution is 5.99. The Hall–Kier alpha value is -2.88. The van der Waals surface area contributed by atoms with Crippen LogP contribution < -0.4 is 5.56 Å². The number of morpholine rings is 1. The van der Waals surface area contributed by atoms with Gasteiger partial charge < -0.3 is 24.6 Å². The summed E-state index contributed by atoms with van der Waals surface area (Å²) < 4.78 is 6.89. The average molecular weight is 375 g/mol. The maximum atomic E-state index is 12.8. The van der Waals surface area contributed by atoms with Crippen LogP contribution in [-0.4, -0.2) is 80.9 Å². The Morgan fingerprint density at radius 3 is 2.52 bits per heavy atom. The van der Waals surface area contributed by atoms with Crippen molar-refractivity contribution in [1.29, 1.82) is 0 Å². The normalized spacial score (nSPS) is 18.8. The number of carbonyl (C=O) groups is 2. The molecule has 2 aliphatic rings. The van der Waals surface area contributed by atoms with Gasteiger partial charge in [-0.05, 0) is 12.8 Å². The number of hydrogen-bond acceptors (Lipinski definition) is 5. The van der Waals surface area contributed by atoms with E-state index >= 15 is 0 Å². The number of hydrogen-bond donors (Lipinski definition) is 2. The molecule has 2 aliphatic heterocycles. The van der Waals surface area contributed by atoms with Gasteiger partial charge in [0.2, 0.25) is 0 Å². The molecule has 10 heteroatoms. The molecule has 0 aliphatic carbocycles. The summed E-state index contributed by atoms with van der Waals surface area (Å²) in [6, 6.07) is 1.49. The number of amides is 2. The SMILES string of the molecule is O=C(O)N1CCC(c2cc(=O)[nH]c3c(C(=O)N4CCOCC4)cnn23)CC1. The predicted molar refractivity (Wildman–Crippen MR) is 94.1 cm³/mol. The molecule has 0 saturated carbocycles. The highest BCUT2D eigenvalue weighted by atomic mass is 16.5. The van der Waals surface area contributed by atoms with Gasteiger partial charge in [0.15, 0.2) is 0 Å². The average Bonchev–Trinajstić information content (AvgIpc) is 3.11. The summed E-state index contributed by atoms with van der Waals surface area (Å²) in [5.41, 5.74) is 1.16. The number of fused-ring (bicyclic) bond motifs is 1. The molecule has 4 rings (SSSR count). The van der Waals surface area contributed by atoms with Crippen molar-refractivity contribution in [2.24, 2.45) is 0 Å². The number of carbonyl (C=O) groups excluding carboxylic acids is 1. The molecule has 0 spiro atoms. The van der Waals surface area contributed by atoms with Crippen molar-refractivity contribution in [2.45, 2.75) is 18.8 Å². The molecule has 2 N–H and O–H groups in total. The number of nitrogens with zero attached hydrogens (tertiary/aromatic N) is 4. The minimum absolute atomic E-state index is 0.0108. The van der Waals surface area contributed by atoms with Crippen molar-refractivity contribution < 1.29 is 19.4 Å². The van der Waals surface area contributed by atoms with Crippen molar-refractivity contribution in [3.05, 3.63) is 33.9 Å². The Bertz CT molecular complexity index is 921. The van der Waals surface area contributed by atoms with Crippen LogP contribution in [0.15, 0.2) is 17.1 Å². The number of ether oxygens (including phenoxy) is 1. The van der Waals surface area contributed by atoms with E-state index in [1.165, 1.54) is 17.2 Å². The van der Waals surface area contributed by atoms with E-state index in [-0.39, 0.29) is 17.4 Å². The number of piperidine rings is 1. The molecule has 10 nitrogen and oxygen atoms in total. The van der Waals surface area contributed by atoms with Crippen molar-refractivity contribution in [2.75, 3.05) is 39.4 Å². The summed E-state index contributed by atoms with van der Waals surface area (Å²) in [6.45, 7) is 2.83. The van der Waals surface area contributed by atoms with Gasteiger partial charge in [0.1, 0.15) is 11.2 Å². The van der Waals surface area contributed by atoms with E-state index < -0.39 is 6.09 Å². The molecule has 0 bridgehead atoms. The van der Waals surface area contributed by atoms with Crippen LogP contribution in [0.2, 0.25) is 0 Å². The predicted octanol–water partition coefficient (Wildman–Crippen LogP) is 0.352. The van der Waals surface area contributed by atoms with Crippen molar-refractivity contribution in [1.82, 2.24) is 24.4 Å². The first-order valence-electron chi connectivity index (χ1n) is 9.00. The molecule has 2 aromatic rings. The summed E-state index contributed by atoms with van der Waals surface area (Å²) in [4.78, 5) is 41.9. The lowest BCUT2D eigenvalue weighted by Gasteiger charge is -2.30. The van der Waals surface area contributed by atoms with Gasteiger partial charge in [-0.25, -0.2) is 9.31 Å². The lowest BCUT2D eigenvalue weighted by molar-refractivity contribution is 0.0304. The number of rotatable bonds is 2. The van der Waals surface area contributed by atoms with Crippen LogP contribution in [0.4, 0.5) is 4.79 Å². The molecule has 0 unspecified atom stereocenters. The minimum atomic E-state index is -0.929. The number of aromatic nitrogens is 3. The second kappa shape index (κ2) is 7.03. The third-order valence-corrected chi connectivity index (χ3v) is 5.25. The van der Waals surface area contributed by atoms with Crippen molar-refractivity contribution in [3.63, 3.8) is 0 Å². The summed E-state index contributed by atoms with van der Waals surface area (Å²) in [7, 11) is 0. The number of carboxylic acid groups (broad SMARTS) is 1. The summed E-state index contributed by atoms with van der Waals surface area (Å²) >= 11 is 0.